The smallest absolute Gasteiger partial charge is 0.329 e. The van der Waals surface area contributed by atoms with Crippen molar-refractivity contribution in [1.82, 2.24) is 19.1 Å². The van der Waals surface area contributed by atoms with Gasteiger partial charge in [-0.25, -0.2) is 9.59 Å². The van der Waals surface area contributed by atoms with Gasteiger partial charge in [-0.15, -0.1) is 0 Å². The number of carbonyl (C=O) groups is 1. The summed E-state index contributed by atoms with van der Waals surface area (Å²) < 4.78 is 2.64. The molecule has 0 aliphatic heterocycles. The monoisotopic (exact) mass is 295 g/mol. The van der Waals surface area contributed by atoms with Crippen LogP contribution in [0.4, 0.5) is 5.95 Å². The van der Waals surface area contributed by atoms with Crippen molar-refractivity contribution in [3.63, 3.8) is 0 Å². The van der Waals surface area contributed by atoms with Crippen LogP contribution in [-0.2, 0) is 18.9 Å². The van der Waals surface area contributed by atoms with Crippen LogP contribution in [0.15, 0.2) is 9.59 Å². The first-order valence-corrected chi connectivity index (χ1v) is 6.39. The third kappa shape index (κ3) is 2.41. The number of rotatable bonds is 4. The number of aryl methyl sites for hydroxylation is 2. The fourth-order valence-corrected chi connectivity index (χ4v) is 2.09. The molecule has 0 aliphatic rings. The molecule has 2 aromatic heterocycles. The number of aromatic nitrogens is 4. The number of aliphatic carboxylic acids is 1. The lowest BCUT2D eigenvalue weighted by Crippen LogP contribution is -2.35. The van der Waals surface area contributed by atoms with E-state index in [-0.39, 0.29) is 23.0 Å². The van der Waals surface area contributed by atoms with E-state index in [9.17, 15) is 19.5 Å². The van der Waals surface area contributed by atoms with E-state index in [4.69, 9.17) is 0 Å². The number of nitrogens with zero attached hydrogens (tertiary/aromatic N) is 3. The molecule has 0 aliphatic carbocycles. The van der Waals surface area contributed by atoms with Crippen LogP contribution in [0.2, 0.25) is 0 Å². The van der Waals surface area contributed by atoms with Gasteiger partial charge in [0, 0.05) is 14.1 Å². The van der Waals surface area contributed by atoms with Gasteiger partial charge in [-0.1, -0.05) is 13.8 Å². The molecular formula is C12H17N5O4. The van der Waals surface area contributed by atoms with E-state index in [0.29, 0.717) is 0 Å². The fourth-order valence-electron chi connectivity index (χ4n) is 2.09. The summed E-state index contributed by atoms with van der Waals surface area (Å²) in [5, 5.41) is 12.0. The Morgan fingerprint density at radius 1 is 1.29 bits per heavy atom. The highest BCUT2D eigenvalue weighted by Gasteiger charge is 2.24. The van der Waals surface area contributed by atoms with Crippen LogP contribution in [0.1, 0.15) is 13.8 Å². The van der Waals surface area contributed by atoms with Crippen molar-refractivity contribution < 1.29 is 9.90 Å². The minimum absolute atomic E-state index is 0.176. The number of hydrogen-bond donors (Lipinski definition) is 3. The molecule has 21 heavy (non-hydrogen) atoms. The lowest BCUT2D eigenvalue weighted by Gasteiger charge is -2.18. The molecule has 0 aromatic carbocycles. The number of imidazole rings is 1. The third-order valence-electron chi connectivity index (χ3n) is 3.35. The highest BCUT2D eigenvalue weighted by atomic mass is 16.4. The molecule has 0 bridgehead atoms. The quantitative estimate of drug-likeness (QED) is 0.697. The van der Waals surface area contributed by atoms with Crippen molar-refractivity contribution in [3.05, 3.63) is 20.8 Å². The van der Waals surface area contributed by atoms with Crippen LogP contribution in [0.5, 0.6) is 0 Å². The number of aromatic amines is 1. The minimum atomic E-state index is -1.01. The molecule has 0 fully saturated rings. The zero-order valence-corrected chi connectivity index (χ0v) is 12.2. The number of carboxylic acid groups (broad SMARTS) is 1. The Morgan fingerprint density at radius 2 is 1.90 bits per heavy atom. The molecule has 1 atom stereocenters. The molecule has 3 N–H and O–H groups in total. The predicted octanol–water partition coefficient (Wildman–Crippen LogP) is -0.519. The van der Waals surface area contributed by atoms with Crippen LogP contribution < -0.4 is 16.6 Å². The Labute approximate surface area is 119 Å². The van der Waals surface area contributed by atoms with Crippen LogP contribution in [-0.4, -0.2) is 36.2 Å². The lowest BCUT2D eigenvalue weighted by molar-refractivity contribution is -0.138. The summed E-state index contributed by atoms with van der Waals surface area (Å²) in [5.74, 6) is -0.970. The second-order valence-electron chi connectivity index (χ2n) is 5.19. The summed E-state index contributed by atoms with van der Waals surface area (Å²) in [6.07, 6.45) is 0. The molecule has 0 saturated heterocycles. The summed E-state index contributed by atoms with van der Waals surface area (Å²) in [7, 11) is 3.06. The first kappa shape index (κ1) is 14.8. The van der Waals surface area contributed by atoms with Crippen LogP contribution in [0, 0.1) is 5.92 Å². The molecule has 9 heteroatoms. The van der Waals surface area contributed by atoms with Gasteiger partial charge in [-0.2, -0.15) is 4.98 Å². The molecule has 0 saturated carbocycles. The van der Waals surface area contributed by atoms with Gasteiger partial charge in [0.25, 0.3) is 5.56 Å². The van der Waals surface area contributed by atoms with Crippen molar-refractivity contribution in [1.29, 1.82) is 0 Å². The average Bonchev–Trinajstić information content (AvgIpc) is 2.70. The van der Waals surface area contributed by atoms with E-state index >= 15 is 0 Å². The molecule has 0 amide bonds. The van der Waals surface area contributed by atoms with Crippen molar-refractivity contribution in [2.45, 2.75) is 19.9 Å². The minimum Gasteiger partial charge on any atom is -0.480 e. The second kappa shape index (κ2) is 5.08. The number of anilines is 1. The van der Waals surface area contributed by atoms with Crippen molar-refractivity contribution >= 4 is 23.1 Å². The molecule has 2 rings (SSSR count). The van der Waals surface area contributed by atoms with E-state index in [1.54, 1.807) is 20.9 Å². The summed E-state index contributed by atoms with van der Waals surface area (Å²) in [6.45, 7) is 3.52. The molecule has 9 nitrogen and oxygen atoms in total. The van der Waals surface area contributed by atoms with Gasteiger partial charge >= 0.3 is 11.7 Å². The summed E-state index contributed by atoms with van der Waals surface area (Å²) >= 11 is 0. The highest BCUT2D eigenvalue weighted by molar-refractivity contribution is 5.79. The SMILES string of the molecule is CC(C)[C@H](Nc1nc2c(c(=O)[nH]c(=O)n2C)n1C)C(=O)O. The maximum absolute atomic E-state index is 11.9. The Hall–Kier alpha value is -2.58. The Kier molecular flexibility index (Phi) is 3.58. The topological polar surface area (TPSA) is 122 Å². The Balaban J connectivity index is 2.62. The third-order valence-corrected chi connectivity index (χ3v) is 3.35. The number of fused-ring (bicyclic) bond motifs is 1. The van der Waals surface area contributed by atoms with Gasteiger partial charge < -0.3 is 15.0 Å². The van der Waals surface area contributed by atoms with E-state index in [0.717, 1.165) is 0 Å². The number of nitrogens with one attached hydrogen (secondary N) is 2. The van der Waals surface area contributed by atoms with Gasteiger partial charge in [0.15, 0.2) is 11.2 Å². The normalized spacial score (nSPS) is 12.8. The first-order valence-electron chi connectivity index (χ1n) is 6.39. The fraction of sp³-hybridized carbons (Fsp3) is 0.500. The van der Waals surface area contributed by atoms with Gasteiger partial charge in [-0.05, 0) is 5.92 Å². The molecule has 2 aromatic rings. The van der Waals surface area contributed by atoms with E-state index < -0.39 is 23.3 Å². The lowest BCUT2D eigenvalue weighted by atomic mass is 10.1. The van der Waals surface area contributed by atoms with E-state index in [2.05, 4.69) is 15.3 Å². The standard InChI is InChI=1S/C12H17N5O4/c1-5(2)6(10(19)20)13-11-14-8-7(16(11)3)9(18)15-12(21)17(8)4/h5-6H,1-4H3,(H,13,14)(H,19,20)(H,15,18,21)/t6-/m0/s1. The van der Waals surface area contributed by atoms with Crippen molar-refractivity contribution in [2.24, 2.45) is 20.0 Å². The predicted molar refractivity (Wildman–Crippen MR) is 76.5 cm³/mol. The maximum atomic E-state index is 11.9. The zero-order chi connectivity index (χ0) is 15.9. The van der Waals surface area contributed by atoms with Crippen LogP contribution in [0.25, 0.3) is 11.2 Å². The van der Waals surface area contributed by atoms with Gasteiger partial charge in [-0.3, -0.25) is 14.3 Å². The van der Waals surface area contributed by atoms with Crippen molar-refractivity contribution in [2.75, 3.05) is 5.32 Å². The van der Waals surface area contributed by atoms with Crippen LogP contribution in [0.3, 0.4) is 0 Å². The first-order chi connectivity index (χ1) is 9.73. The highest BCUT2D eigenvalue weighted by Crippen LogP contribution is 2.16. The molecular weight excluding hydrogens is 278 g/mol. The van der Waals surface area contributed by atoms with E-state index in [1.807, 2.05) is 0 Å². The van der Waals surface area contributed by atoms with Gasteiger partial charge in [0.2, 0.25) is 5.95 Å². The largest absolute Gasteiger partial charge is 0.480 e. The summed E-state index contributed by atoms with van der Waals surface area (Å²) in [6, 6.07) is -0.850. The van der Waals surface area contributed by atoms with Gasteiger partial charge in [0.05, 0.1) is 0 Å². The number of H-pyrrole nitrogens is 1. The number of hydrogen-bond acceptors (Lipinski definition) is 5. The summed E-state index contributed by atoms with van der Waals surface area (Å²) in [5.41, 5.74) is -0.738. The second-order valence-corrected chi connectivity index (χ2v) is 5.19. The molecule has 114 valence electrons. The summed E-state index contributed by atoms with van der Waals surface area (Å²) in [4.78, 5) is 41.0. The zero-order valence-electron chi connectivity index (χ0n) is 12.2. The van der Waals surface area contributed by atoms with Crippen molar-refractivity contribution in [3.8, 4) is 0 Å². The molecule has 0 radical (unpaired) electrons. The van der Waals surface area contributed by atoms with Crippen LogP contribution >= 0.6 is 0 Å². The van der Waals surface area contributed by atoms with E-state index in [1.165, 1.54) is 16.2 Å². The molecule has 2 heterocycles. The average molecular weight is 295 g/mol. The maximum Gasteiger partial charge on any atom is 0.329 e. The molecule has 0 unspecified atom stereocenters. The Morgan fingerprint density at radius 3 is 2.43 bits per heavy atom. The molecule has 0 spiro atoms. The number of carboxylic acids is 1. The Bertz CT molecular complexity index is 813. The van der Waals surface area contributed by atoms with Gasteiger partial charge in [0.1, 0.15) is 6.04 Å².